The standard InChI is InChI=1S/C12H17N/c13-10-12(8-4-5-9-12)11-6-2-1-3-7-11/h1-3,6-7H,4-5,8-10,13H2/p+1. The van der Waals surface area contributed by atoms with Crippen molar-refractivity contribution in [3.63, 3.8) is 0 Å². The first-order valence-electron chi connectivity index (χ1n) is 5.22. The zero-order chi connectivity index (χ0) is 9.15. The SMILES string of the molecule is [NH3+]CC1(c2ccccc2)CCCC1. The summed E-state index contributed by atoms with van der Waals surface area (Å²) in [5.74, 6) is 0. The maximum atomic E-state index is 4.12. The van der Waals surface area contributed by atoms with E-state index in [-0.39, 0.29) is 0 Å². The minimum absolute atomic E-state index is 0.418. The molecule has 0 bridgehead atoms. The Kier molecular flexibility index (Phi) is 2.36. The molecule has 1 aromatic rings. The Bertz CT molecular complexity index is 260. The number of quaternary nitrogens is 1. The van der Waals surface area contributed by atoms with Crippen molar-refractivity contribution in [2.75, 3.05) is 6.54 Å². The van der Waals surface area contributed by atoms with Gasteiger partial charge in [0, 0.05) is 5.41 Å². The predicted octanol–water partition coefficient (Wildman–Crippen LogP) is 1.74. The third-order valence-corrected chi connectivity index (χ3v) is 3.43. The lowest BCUT2D eigenvalue weighted by Crippen LogP contribution is -2.59. The number of hydrogen-bond acceptors (Lipinski definition) is 0. The molecule has 1 heteroatoms. The molecule has 0 radical (unpaired) electrons. The van der Waals surface area contributed by atoms with Crippen LogP contribution in [0.1, 0.15) is 31.2 Å². The summed E-state index contributed by atoms with van der Waals surface area (Å²) in [7, 11) is 0. The molecule has 0 heterocycles. The van der Waals surface area contributed by atoms with Gasteiger partial charge in [-0.05, 0) is 18.4 Å². The summed E-state index contributed by atoms with van der Waals surface area (Å²) in [6.07, 6.45) is 5.43. The van der Waals surface area contributed by atoms with Crippen LogP contribution in [0.2, 0.25) is 0 Å². The summed E-state index contributed by atoms with van der Waals surface area (Å²) in [6, 6.07) is 10.9. The van der Waals surface area contributed by atoms with Crippen molar-refractivity contribution in [3.05, 3.63) is 35.9 Å². The third kappa shape index (κ3) is 1.49. The van der Waals surface area contributed by atoms with Gasteiger partial charge in [0.25, 0.3) is 0 Å². The highest BCUT2D eigenvalue weighted by atomic mass is 14.6. The van der Waals surface area contributed by atoms with E-state index in [1.807, 2.05) is 0 Å². The molecule has 3 N–H and O–H groups in total. The molecule has 70 valence electrons. The number of hydrogen-bond donors (Lipinski definition) is 1. The van der Waals surface area contributed by atoms with Gasteiger partial charge in [0.1, 0.15) is 0 Å². The maximum absolute atomic E-state index is 4.12. The fourth-order valence-electron chi connectivity index (χ4n) is 2.53. The van der Waals surface area contributed by atoms with Crippen molar-refractivity contribution in [3.8, 4) is 0 Å². The largest absolute Gasteiger partial charge is 0.357 e. The van der Waals surface area contributed by atoms with Gasteiger partial charge in [-0.25, -0.2) is 0 Å². The van der Waals surface area contributed by atoms with Gasteiger partial charge in [0.2, 0.25) is 0 Å². The Balaban J connectivity index is 2.31. The van der Waals surface area contributed by atoms with Crippen LogP contribution in [0.4, 0.5) is 0 Å². The second-order valence-corrected chi connectivity index (χ2v) is 4.10. The Morgan fingerprint density at radius 3 is 2.23 bits per heavy atom. The molecule has 0 amide bonds. The van der Waals surface area contributed by atoms with Crippen molar-refractivity contribution in [1.29, 1.82) is 0 Å². The summed E-state index contributed by atoms with van der Waals surface area (Å²) < 4.78 is 0. The molecule has 0 saturated heterocycles. The van der Waals surface area contributed by atoms with Crippen LogP contribution in [-0.2, 0) is 5.41 Å². The lowest BCUT2D eigenvalue weighted by Gasteiger charge is -2.25. The van der Waals surface area contributed by atoms with Gasteiger partial charge in [0.15, 0.2) is 0 Å². The maximum Gasteiger partial charge on any atom is 0.0838 e. The van der Waals surface area contributed by atoms with E-state index in [1.54, 1.807) is 0 Å². The highest BCUT2D eigenvalue weighted by Gasteiger charge is 2.35. The Hall–Kier alpha value is -0.820. The minimum Gasteiger partial charge on any atom is -0.357 e. The average molecular weight is 176 g/mol. The third-order valence-electron chi connectivity index (χ3n) is 3.43. The molecule has 1 aliphatic carbocycles. The van der Waals surface area contributed by atoms with Crippen LogP contribution in [0.15, 0.2) is 30.3 Å². The first kappa shape index (κ1) is 8.76. The van der Waals surface area contributed by atoms with Crippen molar-refractivity contribution >= 4 is 0 Å². The van der Waals surface area contributed by atoms with Crippen molar-refractivity contribution in [1.82, 2.24) is 0 Å². The first-order valence-corrected chi connectivity index (χ1v) is 5.22. The molecule has 2 rings (SSSR count). The minimum atomic E-state index is 0.418. The number of benzene rings is 1. The fraction of sp³-hybridized carbons (Fsp3) is 0.500. The second-order valence-electron chi connectivity index (χ2n) is 4.10. The van der Waals surface area contributed by atoms with Crippen LogP contribution in [0, 0.1) is 0 Å². The molecule has 0 aliphatic heterocycles. The normalized spacial score (nSPS) is 20.4. The van der Waals surface area contributed by atoms with Crippen molar-refractivity contribution < 1.29 is 5.73 Å². The van der Waals surface area contributed by atoms with Gasteiger partial charge in [-0.3, -0.25) is 0 Å². The van der Waals surface area contributed by atoms with Gasteiger partial charge in [0.05, 0.1) is 6.54 Å². The van der Waals surface area contributed by atoms with E-state index in [4.69, 9.17) is 0 Å². The molecular formula is C12H18N+. The van der Waals surface area contributed by atoms with E-state index in [2.05, 4.69) is 36.1 Å². The molecule has 1 nitrogen and oxygen atoms in total. The van der Waals surface area contributed by atoms with Crippen LogP contribution < -0.4 is 5.73 Å². The van der Waals surface area contributed by atoms with E-state index in [0.717, 1.165) is 6.54 Å². The zero-order valence-corrected chi connectivity index (χ0v) is 8.13. The fourth-order valence-corrected chi connectivity index (χ4v) is 2.53. The molecular weight excluding hydrogens is 158 g/mol. The summed E-state index contributed by atoms with van der Waals surface area (Å²) in [5, 5.41) is 0. The van der Waals surface area contributed by atoms with Crippen molar-refractivity contribution in [2.45, 2.75) is 31.1 Å². The van der Waals surface area contributed by atoms with E-state index < -0.39 is 0 Å². The van der Waals surface area contributed by atoms with E-state index in [9.17, 15) is 0 Å². The molecule has 1 fully saturated rings. The van der Waals surface area contributed by atoms with Crippen LogP contribution in [-0.4, -0.2) is 6.54 Å². The second kappa shape index (κ2) is 3.51. The smallest absolute Gasteiger partial charge is 0.0838 e. The highest BCUT2D eigenvalue weighted by molar-refractivity contribution is 5.26. The van der Waals surface area contributed by atoms with Gasteiger partial charge in [-0.2, -0.15) is 0 Å². The predicted molar refractivity (Wildman–Crippen MR) is 54.3 cm³/mol. The molecule has 1 aliphatic rings. The van der Waals surface area contributed by atoms with Gasteiger partial charge in [-0.1, -0.05) is 43.2 Å². The lowest BCUT2D eigenvalue weighted by molar-refractivity contribution is -0.382. The molecule has 0 aromatic heterocycles. The van der Waals surface area contributed by atoms with Crippen LogP contribution in [0.5, 0.6) is 0 Å². The van der Waals surface area contributed by atoms with Crippen LogP contribution in [0.25, 0.3) is 0 Å². The average Bonchev–Trinajstić information content (AvgIpc) is 2.69. The highest BCUT2D eigenvalue weighted by Crippen LogP contribution is 2.39. The first-order chi connectivity index (χ1) is 6.37. The van der Waals surface area contributed by atoms with E-state index in [1.165, 1.54) is 31.2 Å². The molecule has 1 saturated carbocycles. The molecule has 0 atom stereocenters. The zero-order valence-electron chi connectivity index (χ0n) is 8.13. The quantitative estimate of drug-likeness (QED) is 0.711. The van der Waals surface area contributed by atoms with E-state index in [0.29, 0.717) is 5.41 Å². The Labute approximate surface area is 80.0 Å². The van der Waals surface area contributed by atoms with Crippen molar-refractivity contribution in [2.24, 2.45) is 0 Å². The van der Waals surface area contributed by atoms with E-state index >= 15 is 0 Å². The van der Waals surface area contributed by atoms with Gasteiger partial charge >= 0.3 is 0 Å². The monoisotopic (exact) mass is 176 g/mol. The summed E-state index contributed by atoms with van der Waals surface area (Å²) in [6.45, 7) is 1.05. The van der Waals surface area contributed by atoms with Gasteiger partial charge < -0.3 is 5.73 Å². The topological polar surface area (TPSA) is 27.6 Å². The summed E-state index contributed by atoms with van der Waals surface area (Å²) in [5.41, 5.74) is 6.04. The molecule has 0 spiro atoms. The number of rotatable bonds is 2. The molecule has 13 heavy (non-hydrogen) atoms. The van der Waals surface area contributed by atoms with Crippen LogP contribution in [0.3, 0.4) is 0 Å². The Morgan fingerprint density at radius 1 is 1.08 bits per heavy atom. The van der Waals surface area contributed by atoms with Crippen LogP contribution >= 0.6 is 0 Å². The summed E-state index contributed by atoms with van der Waals surface area (Å²) in [4.78, 5) is 0. The molecule has 1 aromatic carbocycles. The summed E-state index contributed by atoms with van der Waals surface area (Å²) >= 11 is 0. The lowest BCUT2D eigenvalue weighted by atomic mass is 9.79. The Morgan fingerprint density at radius 2 is 1.69 bits per heavy atom. The molecule has 0 unspecified atom stereocenters. The van der Waals surface area contributed by atoms with Gasteiger partial charge in [-0.15, -0.1) is 0 Å².